The number of methoxy groups -OCH3 is 2. The Morgan fingerprint density at radius 3 is 2.28 bits per heavy atom. The van der Waals surface area contributed by atoms with Gasteiger partial charge in [-0.25, -0.2) is 4.98 Å². The van der Waals surface area contributed by atoms with E-state index in [9.17, 15) is 14.7 Å². The number of hydrogen-bond donors (Lipinski definition) is 2. The summed E-state index contributed by atoms with van der Waals surface area (Å²) in [5.41, 5.74) is 3.01. The summed E-state index contributed by atoms with van der Waals surface area (Å²) >= 11 is 0. The Labute approximate surface area is 225 Å². The number of Topliss-reactive ketones (excluding diaryl/α,β-unsaturated/α-hetero) is 1. The first-order valence-electron chi connectivity index (χ1n) is 12.5. The van der Waals surface area contributed by atoms with Crippen molar-refractivity contribution in [3.8, 4) is 17.2 Å². The van der Waals surface area contributed by atoms with Crippen LogP contribution in [0, 0.1) is 6.92 Å². The lowest BCUT2D eigenvalue weighted by Crippen LogP contribution is -2.30. The predicted octanol–water partition coefficient (Wildman–Crippen LogP) is 5.30. The number of carbonyl (C=O) groups excluding carboxylic acids is 2. The molecular weight excluding hydrogens is 498 g/mol. The largest absolute Gasteiger partial charge is 0.506 e. The molecule has 0 radical (unpaired) electrons. The van der Waals surface area contributed by atoms with Gasteiger partial charge < -0.3 is 24.3 Å². The van der Waals surface area contributed by atoms with Gasteiger partial charge in [-0.1, -0.05) is 24.3 Å². The fraction of sp³-hybridized carbons (Fsp3) is 0.233. The quantitative estimate of drug-likeness (QED) is 0.190. The van der Waals surface area contributed by atoms with Crippen molar-refractivity contribution in [2.24, 2.45) is 0 Å². The monoisotopic (exact) mass is 527 g/mol. The molecule has 9 heteroatoms. The van der Waals surface area contributed by atoms with E-state index in [-0.39, 0.29) is 34.7 Å². The van der Waals surface area contributed by atoms with Gasteiger partial charge in [-0.05, 0) is 68.3 Å². The van der Waals surface area contributed by atoms with E-state index in [1.165, 1.54) is 19.1 Å². The predicted molar refractivity (Wildman–Crippen MR) is 147 cm³/mol. The number of H-pyrrole nitrogens is 1. The van der Waals surface area contributed by atoms with Crippen LogP contribution in [0.4, 0.5) is 5.95 Å². The smallest absolute Gasteiger partial charge is 0.302 e. The van der Waals surface area contributed by atoms with E-state index in [4.69, 9.17) is 14.2 Å². The van der Waals surface area contributed by atoms with Crippen LogP contribution in [0.5, 0.6) is 17.2 Å². The summed E-state index contributed by atoms with van der Waals surface area (Å²) < 4.78 is 16.7. The minimum atomic E-state index is -0.991. The van der Waals surface area contributed by atoms with Crippen LogP contribution in [-0.2, 0) is 9.59 Å². The molecule has 1 aliphatic rings. The number of aryl methyl sites for hydroxylation is 1. The standard InChI is InChI=1S/C30H29N3O6/c1-16(2)39-19-12-10-18(11-13-19)26-25(27(34)24-22(37-4)7-6-8-23(24)38-5)28(35)29(36)33(26)30-31-20-14-9-17(3)15-21(20)32-30/h6-16,26,34H,1-5H3,(H,31,32)/b27-25+. The molecule has 200 valence electrons. The molecule has 1 aliphatic heterocycles. The summed E-state index contributed by atoms with van der Waals surface area (Å²) in [7, 11) is 2.90. The highest BCUT2D eigenvalue weighted by molar-refractivity contribution is 6.51. The van der Waals surface area contributed by atoms with Gasteiger partial charge in [-0.15, -0.1) is 0 Å². The van der Waals surface area contributed by atoms with E-state index < -0.39 is 23.5 Å². The molecule has 0 saturated carbocycles. The number of ketones is 1. The number of hydrogen-bond acceptors (Lipinski definition) is 7. The van der Waals surface area contributed by atoms with Crippen molar-refractivity contribution >= 4 is 34.4 Å². The minimum absolute atomic E-state index is 0.0292. The molecule has 2 N–H and O–H groups in total. The van der Waals surface area contributed by atoms with Crippen molar-refractivity contribution in [3.05, 3.63) is 82.9 Å². The topological polar surface area (TPSA) is 114 Å². The number of rotatable bonds is 7. The highest BCUT2D eigenvalue weighted by Gasteiger charge is 2.48. The lowest BCUT2D eigenvalue weighted by Gasteiger charge is -2.24. The molecule has 0 aliphatic carbocycles. The number of ether oxygens (including phenoxy) is 3. The molecule has 1 amide bonds. The number of amides is 1. The Morgan fingerprint density at radius 2 is 1.67 bits per heavy atom. The lowest BCUT2D eigenvalue weighted by molar-refractivity contribution is -0.132. The van der Waals surface area contributed by atoms with E-state index in [0.29, 0.717) is 16.8 Å². The molecule has 3 aromatic carbocycles. The Morgan fingerprint density at radius 1 is 1.00 bits per heavy atom. The summed E-state index contributed by atoms with van der Waals surface area (Å²) in [5.74, 6) is -0.691. The lowest BCUT2D eigenvalue weighted by atomic mass is 9.94. The van der Waals surface area contributed by atoms with Crippen molar-refractivity contribution in [2.45, 2.75) is 32.9 Å². The first-order chi connectivity index (χ1) is 18.7. The number of aliphatic hydroxyl groups excluding tert-OH is 1. The number of fused-ring (bicyclic) bond motifs is 1. The molecule has 1 fully saturated rings. The summed E-state index contributed by atoms with van der Waals surface area (Å²) in [5, 5.41) is 11.6. The average Bonchev–Trinajstić information content (AvgIpc) is 3.45. The molecule has 2 heterocycles. The molecule has 9 nitrogen and oxygen atoms in total. The minimum Gasteiger partial charge on any atom is -0.506 e. The highest BCUT2D eigenvalue weighted by Crippen LogP contribution is 2.45. The van der Waals surface area contributed by atoms with Crippen LogP contribution in [0.3, 0.4) is 0 Å². The summed E-state index contributed by atoms with van der Waals surface area (Å²) in [6, 6.07) is 16.7. The normalized spacial score (nSPS) is 16.8. The Hall–Kier alpha value is -4.79. The SMILES string of the molecule is COc1cccc(OC)c1/C(O)=C1\C(=O)C(=O)N(c2nc3ccc(C)cc3[nH]2)C1c1ccc(OC(C)C)cc1. The van der Waals surface area contributed by atoms with Crippen LogP contribution < -0.4 is 19.1 Å². The number of imidazole rings is 1. The van der Waals surface area contributed by atoms with Crippen LogP contribution in [0.1, 0.15) is 36.6 Å². The molecule has 5 rings (SSSR count). The number of anilines is 1. The van der Waals surface area contributed by atoms with Gasteiger partial charge in [0.1, 0.15) is 28.6 Å². The van der Waals surface area contributed by atoms with Gasteiger partial charge in [0.25, 0.3) is 5.78 Å². The van der Waals surface area contributed by atoms with Gasteiger partial charge in [0, 0.05) is 0 Å². The van der Waals surface area contributed by atoms with Gasteiger partial charge in [0.2, 0.25) is 5.95 Å². The second-order valence-corrected chi connectivity index (χ2v) is 9.52. The van der Waals surface area contributed by atoms with Crippen LogP contribution in [0.15, 0.2) is 66.2 Å². The van der Waals surface area contributed by atoms with E-state index in [0.717, 1.165) is 11.1 Å². The maximum Gasteiger partial charge on any atom is 0.302 e. The van der Waals surface area contributed by atoms with Crippen LogP contribution in [-0.4, -0.2) is 47.1 Å². The zero-order chi connectivity index (χ0) is 27.8. The molecule has 0 spiro atoms. The fourth-order valence-electron chi connectivity index (χ4n) is 4.81. The molecule has 0 bridgehead atoms. The highest BCUT2D eigenvalue weighted by atomic mass is 16.5. The summed E-state index contributed by atoms with van der Waals surface area (Å²) in [6.45, 7) is 5.80. The zero-order valence-electron chi connectivity index (χ0n) is 22.3. The zero-order valence-corrected chi connectivity index (χ0v) is 22.3. The molecule has 39 heavy (non-hydrogen) atoms. The third kappa shape index (κ3) is 4.56. The number of nitrogens with one attached hydrogen (secondary N) is 1. The Kier molecular flexibility index (Phi) is 6.74. The molecule has 1 atom stereocenters. The molecule has 1 aromatic heterocycles. The van der Waals surface area contributed by atoms with Gasteiger partial charge >= 0.3 is 5.91 Å². The van der Waals surface area contributed by atoms with Crippen molar-refractivity contribution < 1.29 is 28.9 Å². The molecule has 1 unspecified atom stereocenters. The van der Waals surface area contributed by atoms with Gasteiger partial charge in [-0.3, -0.25) is 14.5 Å². The van der Waals surface area contributed by atoms with E-state index in [1.54, 1.807) is 42.5 Å². The first kappa shape index (κ1) is 25.8. The van der Waals surface area contributed by atoms with E-state index in [1.807, 2.05) is 39.0 Å². The third-order valence-electron chi connectivity index (χ3n) is 6.53. The summed E-state index contributed by atoms with van der Waals surface area (Å²) in [4.78, 5) is 36.3. The Balaban J connectivity index is 1.74. The fourth-order valence-corrected chi connectivity index (χ4v) is 4.81. The van der Waals surface area contributed by atoms with Gasteiger partial charge in [0.15, 0.2) is 0 Å². The van der Waals surface area contributed by atoms with Crippen molar-refractivity contribution in [1.82, 2.24) is 9.97 Å². The number of benzene rings is 3. The molecule has 4 aromatic rings. The number of carbonyl (C=O) groups is 2. The van der Waals surface area contributed by atoms with Crippen LogP contribution in [0.2, 0.25) is 0 Å². The number of aromatic amines is 1. The van der Waals surface area contributed by atoms with Crippen molar-refractivity contribution in [3.63, 3.8) is 0 Å². The molecule has 1 saturated heterocycles. The molecular formula is C30H29N3O6. The Bertz CT molecular complexity index is 1580. The van der Waals surface area contributed by atoms with Crippen molar-refractivity contribution in [1.29, 1.82) is 0 Å². The second-order valence-electron chi connectivity index (χ2n) is 9.52. The van der Waals surface area contributed by atoms with Crippen molar-refractivity contribution in [2.75, 3.05) is 19.1 Å². The first-order valence-corrected chi connectivity index (χ1v) is 12.5. The third-order valence-corrected chi connectivity index (χ3v) is 6.53. The summed E-state index contributed by atoms with van der Waals surface area (Å²) in [6.07, 6.45) is -0.0292. The van der Waals surface area contributed by atoms with E-state index >= 15 is 0 Å². The van der Waals surface area contributed by atoms with Gasteiger partial charge in [0.05, 0.1) is 43.0 Å². The second kappa shape index (κ2) is 10.2. The van der Waals surface area contributed by atoms with Gasteiger partial charge in [-0.2, -0.15) is 0 Å². The number of aromatic nitrogens is 2. The van der Waals surface area contributed by atoms with Crippen LogP contribution in [0.25, 0.3) is 16.8 Å². The maximum atomic E-state index is 13.6. The number of aliphatic hydroxyl groups is 1. The average molecular weight is 528 g/mol. The van der Waals surface area contributed by atoms with Crippen LogP contribution >= 0.6 is 0 Å². The van der Waals surface area contributed by atoms with E-state index in [2.05, 4.69) is 9.97 Å². The maximum absolute atomic E-state index is 13.6. The number of nitrogens with zero attached hydrogens (tertiary/aromatic N) is 2.